The molecule has 0 unspecified atom stereocenters. The molecule has 0 fully saturated rings. The van der Waals surface area contributed by atoms with Crippen LogP contribution >= 0.6 is 12.2 Å². The van der Waals surface area contributed by atoms with E-state index < -0.39 is 0 Å². The zero-order chi connectivity index (χ0) is 10.1. The normalized spacial score (nSPS) is 11.1. The number of aromatic nitrogens is 1. The number of hydrogen-bond acceptors (Lipinski definition) is 1. The number of fused-ring (bicyclic) bond motifs is 1. The summed E-state index contributed by atoms with van der Waals surface area (Å²) in [6.07, 6.45) is 2.06. The molecular formula is C12H13NS. The van der Waals surface area contributed by atoms with E-state index in [1.807, 2.05) is 12.1 Å². The van der Waals surface area contributed by atoms with Crippen LogP contribution in [-0.2, 0) is 0 Å². The number of pyridine rings is 1. The van der Waals surface area contributed by atoms with Gasteiger partial charge in [0.25, 0.3) is 0 Å². The molecule has 0 N–H and O–H groups in total. The molecule has 2 heteroatoms. The Kier molecular flexibility index (Phi) is 2.38. The van der Waals surface area contributed by atoms with Gasteiger partial charge in [-0.25, -0.2) is 0 Å². The first-order valence-electron chi connectivity index (χ1n) is 4.80. The van der Waals surface area contributed by atoms with Gasteiger partial charge in [0.15, 0.2) is 0 Å². The van der Waals surface area contributed by atoms with Gasteiger partial charge in [-0.15, -0.1) is 0 Å². The maximum Gasteiger partial charge on any atom is 0.114 e. The van der Waals surface area contributed by atoms with Crippen molar-refractivity contribution >= 4 is 23.0 Å². The summed E-state index contributed by atoms with van der Waals surface area (Å²) in [4.78, 5) is 0. The van der Waals surface area contributed by atoms with Crippen molar-refractivity contribution in [3.8, 4) is 0 Å². The first kappa shape index (κ1) is 9.41. The molecule has 0 amide bonds. The van der Waals surface area contributed by atoms with Crippen LogP contribution in [0, 0.1) is 4.64 Å². The Balaban J connectivity index is 2.82. The lowest BCUT2D eigenvalue weighted by molar-refractivity contribution is 0.593. The van der Waals surface area contributed by atoms with Gasteiger partial charge >= 0.3 is 0 Å². The SMILES string of the molecule is CC(C)n1ccc2ccccc2c1=S. The van der Waals surface area contributed by atoms with Crippen LogP contribution in [0.2, 0.25) is 0 Å². The van der Waals surface area contributed by atoms with Gasteiger partial charge in [0.05, 0.1) is 0 Å². The predicted molar refractivity (Wildman–Crippen MR) is 63.2 cm³/mol. The van der Waals surface area contributed by atoms with Gasteiger partial charge in [-0.2, -0.15) is 0 Å². The van der Waals surface area contributed by atoms with E-state index in [1.54, 1.807) is 0 Å². The monoisotopic (exact) mass is 203 g/mol. The molecule has 2 rings (SSSR count). The van der Waals surface area contributed by atoms with Gasteiger partial charge in [-0.3, -0.25) is 0 Å². The lowest BCUT2D eigenvalue weighted by Gasteiger charge is -2.12. The number of benzene rings is 1. The van der Waals surface area contributed by atoms with Crippen molar-refractivity contribution in [2.75, 3.05) is 0 Å². The summed E-state index contributed by atoms with van der Waals surface area (Å²) in [5.74, 6) is 0. The molecule has 1 aromatic carbocycles. The maximum absolute atomic E-state index is 5.43. The van der Waals surface area contributed by atoms with Crippen molar-refractivity contribution in [1.82, 2.24) is 4.57 Å². The Hall–Kier alpha value is -1.15. The Labute approximate surface area is 89.0 Å². The van der Waals surface area contributed by atoms with E-state index >= 15 is 0 Å². The molecule has 0 spiro atoms. The fourth-order valence-corrected chi connectivity index (χ4v) is 2.07. The predicted octanol–water partition coefficient (Wildman–Crippen LogP) is 3.95. The summed E-state index contributed by atoms with van der Waals surface area (Å²) in [5.41, 5.74) is 0. The Morgan fingerprint density at radius 1 is 1.14 bits per heavy atom. The van der Waals surface area contributed by atoms with E-state index in [2.05, 4.69) is 42.8 Å². The van der Waals surface area contributed by atoms with E-state index in [4.69, 9.17) is 12.2 Å². The molecule has 1 aromatic heterocycles. The maximum atomic E-state index is 5.43. The molecule has 0 bridgehead atoms. The third kappa shape index (κ3) is 1.46. The molecule has 0 radical (unpaired) electrons. The van der Waals surface area contributed by atoms with E-state index in [0.29, 0.717) is 6.04 Å². The summed E-state index contributed by atoms with van der Waals surface area (Å²) in [7, 11) is 0. The summed E-state index contributed by atoms with van der Waals surface area (Å²) in [6, 6.07) is 10.8. The highest BCUT2D eigenvalue weighted by Gasteiger charge is 2.00. The number of hydrogen-bond donors (Lipinski definition) is 0. The van der Waals surface area contributed by atoms with Gasteiger partial charge < -0.3 is 4.57 Å². The summed E-state index contributed by atoms with van der Waals surface area (Å²) >= 11 is 5.43. The van der Waals surface area contributed by atoms with Crippen LogP contribution in [0.25, 0.3) is 10.8 Å². The molecule has 0 atom stereocenters. The van der Waals surface area contributed by atoms with E-state index in [9.17, 15) is 0 Å². The number of rotatable bonds is 1. The highest BCUT2D eigenvalue weighted by molar-refractivity contribution is 7.71. The van der Waals surface area contributed by atoms with E-state index in [0.717, 1.165) is 4.64 Å². The fourth-order valence-electron chi connectivity index (χ4n) is 1.61. The minimum atomic E-state index is 0.423. The zero-order valence-corrected chi connectivity index (χ0v) is 9.21. The highest BCUT2D eigenvalue weighted by Crippen LogP contribution is 2.17. The molecule has 0 aliphatic rings. The highest BCUT2D eigenvalue weighted by atomic mass is 32.1. The molecule has 0 aliphatic carbocycles. The zero-order valence-electron chi connectivity index (χ0n) is 8.40. The second kappa shape index (κ2) is 3.54. The van der Waals surface area contributed by atoms with Crippen LogP contribution in [0.5, 0.6) is 0 Å². The summed E-state index contributed by atoms with van der Waals surface area (Å²) in [6.45, 7) is 4.29. The Morgan fingerprint density at radius 2 is 1.86 bits per heavy atom. The van der Waals surface area contributed by atoms with Gasteiger partial charge in [-0.1, -0.05) is 36.5 Å². The molecular weight excluding hydrogens is 190 g/mol. The third-order valence-corrected chi connectivity index (χ3v) is 2.83. The average molecular weight is 203 g/mol. The quantitative estimate of drug-likeness (QED) is 0.635. The largest absolute Gasteiger partial charge is 0.336 e. The summed E-state index contributed by atoms with van der Waals surface area (Å²) in [5, 5.41) is 2.38. The van der Waals surface area contributed by atoms with Crippen LogP contribution in [0.15, 0.2) is 36.5 Å². The standard InChI is InChI=1S/C12H13NS/c1-9(2)13-8-7-10-5-3-4-6-11(10)12(13)14/h3-9H,1-2H3. The minimum absolute atomic E-state index is 0.423. The van der Waals surface area contributed by atoms with Gasteiger partial charge in [-0.05, 0) is 25.3 Å². The van der Waals surface area contributed by atoms with E-state index in [-0.39, 0.29) is 0 Å². The van der Waals surface area contributed by atoms with Crippen molar-refractivity contribution in [3.05, 3.63) is 41.2 Å². The number of nitrogens with zero attached hydrogens (tertiary/aromatic N) is 1. The first-order valence-corrected chi connectivity index (χ1v) is 5.21. The van der Waals surface area contributed by atoms with Crippen LogP contribution < -0.4 is 0 Å². The molecule has 1 nitrogen and oxygen atoms in total. The van der Waals surface area contributed by atoms with Crippen molar-refractivity contribution in [1.29, 1.82) is 0 Å². The van der Waals surface area contributed by atoms with Crippen molar-refractivity contribution in [2.24, 2.45) is 0 Å². The van der Waals surface area contributed by atoms with Crippen LogP contribution in [0.3, 0.4) is 0 Å². The molecule has 2 aromatic rings. The molecule has 1 heterocycles. The molecule has 0 saturated carbocycles. The topological polar surface area (TPSA) is 4.93 Å². The molecule has 0 aliphatic heterocycles. The van der Waals surface area contributed by atoms with Crippen LogP contribution in [0.4, 0.5) is 0 Å². The minimum Gasteiger partial charge on any atom is -0.336 e. The lowest BCUT2D eigenvalue weighted by atomic mass is 10.2. The Morgan fingerprint density at radius 3 is 2.57 bits per heavy atom. The smallest absolute Gasteiger partial charge is 0.114 e. The van der Waals surface area contributed by atoms with Gasteiger partial charge in [0.1, 0.15) is 4.64 Å². The Bertz CT molecular complexity index is 511. The second-order valence-electron chi connectivity index (χ2n) is 3.71. The molecule has 0 saturated heterocycles. The average Bonchev–Trinajstić information content (AvgIpc) is 2.18. The van der Waals surface area contributed by atoms with Gasteiger partial charge in [0.2, 0.25) is 0 Å². The fraction of sp³-hybridized carbons (Fsp3) is 0.250. The second-order valence-corrected chi connectivity index (χ2v) is 4.10. The lowest BCUT2D eigenvalue weighted by Crippen LogP contribution is -2.02. The van der Waals surface area contributed by atoms with E-state index in [1.165, 1.54) is 10.8 Å². The third-order valence-electron chi connectivity index (χ3n) is 2.40. The van der Waals surface area contributed by atoms with Crippen molar-refractivity contribution < 1.29 is 0 Å². The van der Waals surface area contributed by atoms with Crippen molar-refractivity contribution in [3.63, 3.8) is 0 Å². The molecule has 14 heavy (non-hydrogen) atoms. The first-order chi connectivity index (χ1) is 6.70. The van der Waals surface area contributed by atoms with Gasteiger partial charge in [0, 0.05) is 17.6 Å². The van der Waals surface area contributed by atoms with Crippen LogP contribution in [0.1, 0.15) is 19.9 Å². The molecule has 72 valence electrons. The van der Waals surface area contributed by atoms with Crippen LogP contribution in [-0.4, -0.2) is 4.57 Å². The van der Waals surface area contributed by atoms with Crippen molar-refractivity contribution in [2.45, 2.75) is 19.9 Å². The summed E-state index contributed by atoms with van der Waals surface area (Å²) < 4.78 is 3.05.